The van der Waals surface area contributed by atoms with Crippen molar-refractivity contribution in [3.63, 3.8) is 0 Å². The van der Waals surface area contributed by atoms with E-state index < -0.39 is 0 Å². The maximum atomic E-state index is 12.3. The predicted molar refractivity (Wildman–Crippen MR) is 96.1 cm³/mol. The zero-order valence-corrected chi connectivity index (χ0v) is 14.6. The second kappa shape index (κ2) is 6.94. The molecular formula is C17H16BrN5O. The number of carbonyl (C=O) groups excluding carboxylic acids is 1. The van der Waals surface area contributed by atoms with Crippen LogP contribution in [0.2, 0.25) is 0 Å². The fraction of sp³-hybridized carbons (Fsp3) is 0.118. The Morgan fingerprint density at radius 3 is 2.46 bits per heavy atom. The topological polar surface area (TPSA) is 85.8 Å². The maximum absolute atomic E-state index is 12.3. The third-order valence-corrected chi connectivity index (χ3v) is 4.01. The molecular weight excluding hydrogens is 370 g/mol. The molecule has 3 N–H and O–H groups in total. The van der Waals surface area contributed by atoms with Gasteiger partial charge in [0.1, 0.15) is 0 Å². The SMILES string of the molecule is C[C@H](N)c1ccc(NC(=O)c2cnn(-c3ccc(Br)cc3)n2)cc1. The van der Waals surface area contributed by atoms with Crippen molar-refractivity contribution < 1.29 is 4.79 Å². The zero-order chi connectivity index (χ0) is 17.1. The molecule has 1 heterocycles. The van der Waals surface area contributed by atoms with E-state index in [1.54, 1.807) is 0 Å². The van der Waals surface area contributed by atoms with Gasteiger partial charge in [-0.05, 0) is 48.9 Å². The van der Waals surface area contributed by atoms with Crippen LogP contribution in [-0.2, 0) is 0 Å². The van der Waals surface area contributed by atoms with Gasteiger partial charge in [-0.25, -0.2) is 0 Å². The van der Waals surface area contributed by atoms with Crippen molar-refractivity contribution in [2.45, 2.75) is 13.0 Å². The highest BCUT2D eigenvalue weighted by atomic mass is 79.9. The van der Waals surface area contributed by atoms with Crippen LogP contribution in [0.3, 0.4) is 0 Å². The van der Waals surface area contributed by atoms with E-state index in [1.165, 1.54) is 11.0 Å². The summed E-state index contributed by atoms with van der Waals surface area (Å²) >= 11 is 3.38. The van der Waals surface area contributed by atoms with Gasteiger partial charge in [0.25, 0.3) is 5.91 Å². The number of hydrogen-bond acceptors (Lipinski definition) is 4. The summed E-state index contributed by atoms with van der Waals surface area (Å²) in [5, 5.41) is 11.1. The number of benzene rings is 2. The van der Waals surface area contributed by atoms with Crippen LogP contribution in [-0.4, -0.2) is 20.9 Å². The van der Waals surface area contributed by atoms with Crippen molar-refractivity contribution in [2.75, 3.05) is 5.32 Å². The number of aromatic nitrogens is 3. The minimum absolute atomic E-state index is 0.0411. The Labute approximate surface area is 147 Å². The first-order valence-corrected chi connectivity index (χ1v) is 8.17. The van der Waals surface area contributed by atoms with Gasteiger partial charge < -0.3 is 11.1 Å². The van der Waals surface area contributed by atoms with Crippen molar-refractivity contribution >= 4 is 27.5 Å². The van der Waals surface area contributed by atoms with E-state index in [1.807, 2.05) is 55.5 Å². The molecule has 3 rings (SSSR count). The molecule has 122 valence electrons. The molecule has 7 heteroatoms. The monoisotopic (exact) mass is 385 g/mol. The highest BCUT2D eigenvalue weighted by Gasteiger charge is 2.12. The summed E-state index contributed by atoms with van der Waals surface area (Å²) in [5.74, 6) is -0.313. The lowest BCUT2D eigenvalue weighted by Gasteiger charge is -2.07. The fourth-order valence-corrected chi connectivity index (χ4v) is 2.40. The number of nitrogens with zero attached hydrogens (tertiary/aromatic N) is 3. The molecule has 0 aliphatic rings. The molecule has 0 aliphatic carbocycles. The van der Waals surface area contributed by atoms with E-state index in [9.17, 15) is 4.79 Å². The van der Waals surface area contributed by atoms with Crippen LogP contribution in [0, 0.1) is 0 Å². The standard InChI is InChI=1S/C17H16BrN5O/c1-11(19)12-2-6-14(7-3-12)21-17(24)16-10-20-23(22-16)15-8-4-13(18)5-9-15/h2-11H,19H2,1H3,(H,21,24)/t11-/m0/s1. The van der Waals surface area contributed by atoms with Gasteiger partial charge in [0.15, 0.2) is 5.69 Å². The Bertz CT molecular complexity index is 840. The van der Waals surface area contributed by atoms with Crippen LogP contribution in [0.25, 0.3) is 5.69 Å². The highest BCUT2D eigenvalue weighted by Crippen LogP contribution is 2.15. The molecule has 1 aromatic heterocycles. The summed E-state index contributed by atoms with van der Waals surface area (Å²) < 4.78 is 0.964. The molecule has 6 nitrogen and oxygen atoms in total. The Morgan fingerprint density at radius 2 is 1.83 bits per heavy atom. The number of rotatable bonds is 4. The second-order valence-corrected chi connectivity index (χ2v) is 6.28. The van der Waals surface area contributed by atoms with E-state index in [0.717, 1.165) is 15.7 Å². The van der Waals surface area contributed by atoms with Crippen LogP contribution in [0.1, 0.15) is 29.0 Å². The second-order valence-electron chi connectivity index (χ2n) is 5.36. The van der Waals surface area contributed by atoms with Gasteiger partial charge in [-0.3, -0.25) is 4.79 Å². The predicted octanol–water partition coefficient (Wildman–Crippen LogP) is 3.30. The van der Waals surface area contributed by atoms with E-state index in [4.69, 9.17) is 5.73 Å². The summed E-state index contributed by atoms with van der Waals surface area (Å²) in [4.78, 5) is 13.7. The van der Waals surface area contributed by atoms with Gasteiger partial charge in [0.05, 0.1) is 11.9 Å². The largest absolute Gasteiger partial charge is 0.324 e. The lowest BCUT2D eigenvalue weighted by atomic mass is 10.1. The van der Waals surface area contributed by atoms with Gasteiger partial charge in [0, 0.05) is 16.2 Å². The Kier molecular flexibility index (Phi) is 4.73. The third kappa shape index (κ3) is 3.69. The first-order chi connectivity index (χ1) is 11.5. The molecule has 0 saturated carbocycles. The van der Waals surface area contributed by atoms with Crippen LogP contribution in [0.4, 0.5) is 5.69 Å². The molecule has 0 radical (unpaired) electrons. The quantitative estimate of drug-likeness (QED) is 0.721. The van der Waals surface area contributed by atoms with E-state index in [-0.39, 0.29) is 17.6 Å². The number of hydrogen-bond donors (Lipinski definition) is 2. The first-order valence-electron chi connectivity index (χ1n) is 7.38. The summed E-state index contributed by atoms with van der Waals surface area (Å²) in [6, 6.07) is 14.9. The smallest absolute Gasteiger partial charge is 0.277 e. The summed E-state index contributed by atoms with van der Waals surface area (Å²) in [6.45, 7) is 1.91. The van der Waals surface area contributed by atoms with E-state index in [0.29, 0.717) is 5.69 Å². The molecule has 0 bridgehead atoms. The molecule has 0 fully saturated rings. The van der Waals surface area contributed by atoms with Crippen molar-refractivity contribution in [3.05, 3.63) is 70.5 Å². The average molecular weight is 386 g/mol. The normalized spacial score (nSPS) is 12.0. The number of halogens is 1. The fourth-order valence-electron chi connectivity index (χ4n) is 2.13. The number of amides is 1. The van der Waals surface area contributed by atoms with Gasteiger partial charge in [0.2, 0.25) is 0 Å². The van der Waals surface area contributed by atoms with Gasteiger partial charge in [-0.1, -0.05) is 28.1 Å². The van der Waals surface area contributed by atoms with Crippen LogP contribution in [0.15, 0.2) is 59.2 Å². The summed E-state index contributed by atoms with van der Waals surface area (Å²) in [5.41, 5.74) is 8.52. The average Bonchev–Trinajstić information content (AvgIpc) is 3.06. The van der Waals surface area contributed by atoms with Gasteiger partial charge >= 0.3 is 0 Å². The maximum Gasteiger partial charge on any atom is 0.277 e. The molecule has 3 aromatic rings. The molecule has 1 atom stereocenters. The van der Waals surface area contributed by atoms with E-state index >= 15 is 0 Å². The van der Waals surface area contributed by atoms with E-state index in [2.05, 4.69) is 31.4 Å². The Morgan fingerprint density at radius 1 is 1.17 bits per heavy atom. The van der Waals surface area contributed by atoms with Crippen LogP contribution >= 0.6 is 15.9 Å². The number of nitrogens with two attached hydrogens (primary N) is 1. The van der Waals surface area contributed by atoms with Crippen molar-refractivity contribution in [1.82, 2.24) is 15.0 Å². The molecule has 0 saturated heterocycles. The highest BCUT2D eigenvalue weighted by molar-refractivity contribution is 9.10. The molecule has 0 unspecified atom stereocenters. The number of carbonyl (C=O) groups is 1. The van der Waals surface area contributed by atoms with Gasteiger partial charge in [-0.2, -0.15) is 9.90 Å². The minimum Gasteiger partial charge on any atom is -0.324 e. The lowest BCUT2D eigenvalue weighted by Crippen LogP contribution is -2.13. The molecule has 0 spiro atoms. The first kappa shape index (κ1) is 16.4. The zero-order valence-electron chi connectivity index (χ0n) is 13.0. The van der Waals surface area contributed by atoms with Crippen molar-refractivity contribution in [2.24, 2.45) is 5.73 Å². The molecule has 2 aromatic carbocycles. The number of nitrogens with one attached hydrogen (secondary N) is 1. The van der Waals surface area contributed by atoms with Crippen molar-refractivity contribution in [1.29, 1.82) is 0 Å². The van der Waals surface area contributed by atoms with Crippen molar-refractivity contribution in [3.8, 4) is 5.69 Å². The minimum atomic E-state index is -0.313. The third-order valence-electron chi connectivity index (χ3n) is 3.48. The number of anilines is 1. The Balaban J connectivity index is 1.72. The lowest BCUT2D eigenvalue weighted by molar-refractivity contribution is 0.102. The summed E-state index contributed by atoms with van der Waals surface area (Å²) in [7, 11) is 0. The summed E-state index contributed by atoms with van der Waals surface area (Å²) in [6.07, 6.45) is 1.44. The molecule has 1 amide bonds. The Hall–Kier alpha value is -2.51. The van der Waals surface area contributed by atoms with Crippen LogP contribution in [0.5, 0.6) is 0 Å². The van der Waals surface area contributed by atoms with Gasteiger partial charge in [-0.15, -0.1) is 5.10 Å². The molecule has 24 heavy (non-hydrogen) atoms. The molecule has 0 aliphatic heterocycles. The van der Waals surface area contributed by atoms with Crippen LogP contribution < -0.4 is 11.1 Å².